The van der Waals surface area contributed by atoms with Gasteiger partial charge in [-0.1, -0.05) is 41.6 Å². The number of carbonyl (C=O) groups is 1. The van der Waals surface area contributed by atoms with E-state index in [1.165, 1.54) is 11.7 Å². The number of thioether (sulfide) groups is 1. The molecular formula is C20H19N3O4S. The van der Waals surface area contributed by atoms with Gasteiger partial charge in [-0.25, -0.2) is 0 Å². The fraction of sp³-hybridized carbons (Fsp3) is 0.150. The lowest BCUT2D eigenvalue weighted by Gasteiger charge is -2.13. The number of methoxy groups -OCH3 is 1. The van der Waals surface area contributed by atoms with E-state index in [0.717, 1.165) is 23.4 Å². The van der Waals surface area contributed by atoms with Crippen molar-refractivity contribution in [1.29, 1.82) is 0 Å². The second-order valence-corrected chi connectivity index (χ2v) is 6.89. The smallest absolute Gasteiger partial charge is 0.262 e. The van der Waals surface area contributed by atoms with Crippen molar-refractivity contribution in [3.8, 4) is 17.3 Å². The van der Waals surface area contributed by atoms with Crippen molar-refractivity contribution in [3.63, 3.8) is 0 Å². The van der Waals surface area contributed by atoms with Crippen molar-refractivity contribution < 1.29 is 14.6 Å². The zero-order valence-electron chi connectivity index (χ0n) is 15.4. The Morgan fingerprint density at radius 1 is 1.21 bits per heavy atom. The van der Waals surface area contributed by atoms with Gasteiger partial charge in [0.25, 0.3) is 5.56 Å². The van der Waals surface area contributed by atoms with Crippen LogP contribution in [0.3, 0.4) is 0 Å². The normalized spacial score (nSPS) is 10.5. The first-order valence-electron chi connectivity index (χ1n) is 8.43. The van der Waals surface area contributed by atoms with E-state index >= 15 is 0 Å². The summed E-state index contributed by atoms with van der Waals surface area (Å²) in [7, 11) is 1.52. The Morgan fingerprint density at radius 3 is 2.64 bits per heavy atom. The Morgan fingerprint density at radius 2 is 1.93 bits per heavy atom. The molecule has 144 valence electrons. The summed E-state index contributed by atoms with van der Waals surface area (Å²) in [5.74, 6) is -0.128. The first-order chi connectivity index (χ1) is 13.5. The number of carbonyl (C=O) groups excluding carboxylic acids is 1. The van der Waals surface area contributed by atoms with Crippen LogP contribution in [0.5, 0.6) is 11.6 Å². The molecule has 7 nitrogen and oxygen atoms in total. The third-order valence-corrected chi connectivity index (χ3v) is 4.82. The number of amides is 1. The van der Waals surface area contributed by atoms with Crippen molar-refractivity contribution in [1.82, 2.24) is 9.55 Å². The molecule has 3 aromatic rings. The molecule has 2 aromatic carbocycles. The standard InChI is InChI=1S/C20H19N3O4S/c1-13-7-9-14(10-8-13)23-19(26)11-17(24)22-20(23)28-12-18(25)21-15-5-3-4-6-16(15)27-2/h3-11,24H,12H2,1-2H3,(H,21,25). The van der Waals surface area contributed by atoms with Gasteiger partial charge in [-0.05, 0) is 31.2 Å². The number of hydrogen-bond donors (Lipinski definition) is 2. The van der Waals surface area contributed by atoms with Crippen LogP contribution in [0.25, 0.3) is 5.69 Å². The van der Waals surface area contributed by atoms with E-state index in [2.05, 4.69) is 10.3 Å². The predicted molar refractivity (Wildman–Crippen MR) is 109 cm³/mol. The summed E-state index contributed by atoms with van der Waals surface area (Å²) in [5, 5.41) is 12.7. The van der Waals surface area contributed by atoms with E-state index in [-0.39, 0.29) is 22.7 Å². The molecular weight excluding hydrogens is 378 g/mol. The summed E-state index contributed by atoms with van der Waals surface area (Å²) in [4.78, 5) is 28.8. The monoisotopic (exact) mass is 397 g/mol. The Balaban J connectivity index is 1.81. The summed E-state index contributed by atoms with van der Waals surface area (Å²) in [6.45, 7) is 1.94. The summed E-state index contributed by atoms with van der Waals surface area (Å²) >= 11 is 1.05. The van der Waals surface area contributed by atoms with Crippen LogP contribution >= 0.6 is 11.8 Å². The highest BCUT2D eigenvalue weighted by atomic mass is 32.2. The number of aromatic nitrogens is 2. The molecule has 0 radical (unpaired) electrons. The number of para-hydroxylation sites is 2. The number of aromatic hydroxyl groups is 1. The molecule has 0 aliphatic carbocycles. The molecule has 2 N–H and O–H groups in total. The molecule has 0 spiro atoms. The van der Waals surface area contributed by atoms with E-state index in [4.69, 9.17) is 4.74 Å². The molecule has 0 saturated heterocycles. The number of benzene rings is 2. The van der Waals surface area contributed by atoms with Crippen LogP contribution < -0.4 is 15.6 Å². The topological polar surface area (TPSA) is 93.5 Å². The molecule has 3 rings (SSSR count). The van der Waals surface area contributed by atoms with Crippen LogP contribution in [0.15, 0.2) is 64.5 Å². The third kappa shape index (κ3) is 4.52. The molecule has 0 aliphatic rings. The van der Waals surface area contributed by atoms with Crippen molar-refractivity contribution in [3.05, 3.63) is 70.5 Å². The van der Waals surface area contributed by atoms with Gasteiger partial charge in [-0.3, -0.25) is 14.2 Å². The average molecular weight is 397 g/mol. The number of nitrogens with zero attached hydrogens (tertiary/aromatic N) is 2. The number of aryl methyl sites for hydroxylation is 1. The molecule has 0 fully saturated rings. The van der Waals surface area contributed by atoms with Crippen molar-refractivity contribution in [2.45, 2.75) is 12.1 Å². The van der Waals surface area contributed by atoms with Gasteiger partial charge in [0.1, 0.15) is 5.75 Å². The first-order valence-corrected chi connectivity index (χ1v) is 9.42. The minimum Gasteiger partial charge on any atom is -0.495 e. The lowest BCUT2D eigenvalue weighted by molar-refractivity contribution is -0.113. The lowest BCUT2D eigenvalue weighted by atomic mass is 10.2. The predicted octanol–water partition coefficient (Wildman–Crippen LogP) is 2.99. The van der Waals surface area contributed by atoms with E-state index < -0.39 is 5.56 Å². The van der Waals surface area contributed by atoms with E-state index in [1.807, 2.05) is 19.1 Å². The van der Waals surface area contributed by atoms with Crippen molar-refractivity contribution in [2.75, 3.05) is 18.2 Å². The molecule has 1 amide bonds. The second-order valence-electron chi connectivity index (χ2n) is 5.94. The van der Waals surface area contributed by atoms with Crippen molar-refractivity contribution >= 4 is 23.4 Å². The first kappa shape index (κ1) is 19.5. The number of anilines is 1. The van der Waals surface area contributed by atoms with Gasteiger partial charge in [-0.15, -0.1) is 0 Å². The number of hydrogen-bond acceptors (Lipinski definition) is 6. The minimum absolute atomic E-state index is 0.000195. The molecule has 0 atom stereocenters. The maximum atomic E-state index is 12.4. The maximum Gasteiger partial charge on any atom is 0.262 e. The zero-order chi connectivity index (χ0) is 20.1. The van der Waals surface area contributed by atoms with Crippen LogP contribution in [-0.4, -0.2) is 33.4 Å². The van der Waals surface area contributed by atoms with Gasteiger partial charge in [0.2, 0.25) is 11.8 Å². The molecule has 28 heavy (non-hydrogen) atoms. The Kier molecular flexibility index (Phi) is 6.00. The molecule has 0 bridgehead atoms. The summed E-state index contributed by atoms with van der Waals surface area (Å²) < 4.78 is 6.58. The van der Waals surface area contributed by atoms with Crippen LogP contribution in [0.2, 0.25) is 0 Å². The van der Waals surface area contributed by atoms with Gasteiger partial charge < -0.3 is 15.2 Å². The Bertz CT molecular complexity index is 1050. The number of ether oxygens (including phenoxy) is 1. The average Bonchev–Trinajstić information content (AvgIpc) is 2.67. The third-order valence-electron chi connectivity index (χ3n) is 3.88. The number of rotatable bonds is 6. The molecule has 1 heterocycles. The van der Waals surface area contributed by atoms with E-state index in [9.17, 15) is 14.7 Å². The van der Waals surface area contributed by atoms with Crippen LogP contribution in [0.1, 0.15) is 5.56 Å². The molecule has 8 heteroatoms. The van der Waals surface area contributed by atoms with Crippen LogP contribution in [0.4, 0.5) is 5.69 Å². The molecule has 0 unspecified atom stereocenters. The second kappa shape index (κ2) is 8.62. The number of nitrogens with one attached hydrogen (secondary N) is 1. The quantitative estimate of drug-likeness (QED) is 0.491. The summed E-state index contributed by atoms with van der Waals surface area (Å²) in [6, 6.07) is 15.4. The molecule has 1 aromatic heterocycles. The van der Waals surface area contributed by atoms with Gasteiger partial charge >= 0.3 is 0 Å². The lowest BCUT2D eigenvalue weighted by Crippen LogP contribution is -2.21. The maximum absolute atomic E-state index is 12.4. The van der Waals surface area contributed by atoms with Crippen LogP contribution in [-0.2, 0) is 4.79 Å². The highest BCUT2D eigenvalue weighted by molar-refractivity contribution is 7.99. The highest BCUT2D eigenvalue weighted by Gasteiger charge is 2.14. The molecule has 0 saturated carbocycles. The zero-order valence-corrected chi connectivity index (χ0v) is 16.2. The van der Waals surface area contributed by atoms with Crippen LogP contribution in [0, 0.1) is 6.92 Å². The van der Waals surface area contributed by atoms with Gasteiger partial charge in [0.05, 0.1) is 30.3 Å². The van der Waals surface area contributed by atoms with Gasteiger partial charge in [-0.2, -0.15) is 4.98 Å². The van der Waals surface area contributed by atoms with E-state index in [0.29, 0.717) is 17.1 Å². The van der Waals surface area contributed by atoms with Gasteiger partial charge in [0, 0.05) is 0 Å². The Hall–Kier alpha value is -3.26. The minimum atomic E-state index is -0.427. The summed E-state index contributed by atoms with van der Waals surface area (Å²) in [6.07, 6.45) is 0. The fourth-order valence-corrected chi connectivity index (χ4v) is 3.36. The Labute approximate surface area is 166 Å². The highest BCUT2D eigenvalue weighted by Crippen LogP contribution is 2.24. The largest absolute Gasteiger partial charge is 0.495 e. The summed E-state index contributed by atoms with van der Waals surface area (Å²) in [5.41, 5.74) is 1.78. The van der Waals surface area contributed by atoms with Gasteiger partial charge in [0.15, 0.2) is 5.16 Å². The SMILES string of the molecule is COc1ccccc1NC(=O)CSc1nc(O)cc(=O)n1-c1ccc(C)cc1. The fourth-order valence-electron chi connectivity index (χ4n) is 2.54. The molecule has 0 aliphatic heterocycles. The van der Waals surface area contributed by atoms with E-state index in [1.54, 1.807) is 36.4 Å². The van der Waals surface area contributed by atoms with Crippen molar-refractivity contribution in [2.24, 2.45) is 0 Å².